The van der Waals surface area contributed by atoms with Crippen molar-refractivity contribution in [3.05, 3.63) is 39.5 Å². The zero-order valence-electron chi connectivity index (χ0n) is 15.1. The molecule has 134 valence electrons. The lowest BCUT2D eigenvalue weighted by Crippen LogP contribution is -2.46. The Morgan fingerprint density at radius 3 is 2.80 bits per heavy atom. The molecular formula is C19H26N4OS. The highest BCUT2D eigenvalue weighted by Crippen LogP contribution is 2.33. The summed E-state index contributed by atoms with van der Waals surface area (Å²) in [5, 5.41) is 0. The van der Waals surface area contributed by atoms with Gasteiger partial charge in [0, 0.05) is 55.3 Å². The van der Waals surface area contributed by atoms with E-state index in [2.05, 4.69) is 31.9 Å². The van der Waals surface area contributed by atoms with Crippen LogP contribution in [0, 0.1) is 13.8 Å². The molecule has 2 aliphatic rings. The molecule has 4 heterocycles. The zero-order valence-corrected chi connectivity index (χ0v) is 15.9. The Labute approximate surface area is 153 Å². The summed E-state index contributed by atoms with van der Waals surface area (Å²) in [7, 11) is 0. The van der Waals surface area contributed by atoms with Crippen LogP contribution in [0.3, 0.4) is 0 Å². The fourth-order valence-electron chi connectivity index (χ4n) is 3.62. The number of ether oxygens (including phenoxy) is 1. The first kappa shape index (κ1) is 16.9. The van der Waals surface area contributed by atoms with E-state index >= 15 is 0 Å². The highest BCUT2D eigenvalue weighted by molar-refractivity contribution is 7.12. The van der Waals surface area contributed by atoms with Gasteiger partial charge in [0.25, 0.3) is 0 Å². The highest BCUT2D eigenvalue weighted by Gasteiger charge is 2.22. The third-order valence-corrected chi connectivity index (χ3v) is 6.19. The normalized spacial score (nSPS) is 21.8. The number of aryl methyl sites for hydroxylation is 2. The fraction of sp³-hybridized carbons (Fsp3) is 0.579. The van der Waals surface area contributed by atoms with E-state index in [0.717, 1.165) is 56.5 Å². The quantitative estimate of drug-likeness (QED) is 0.839. The maximum atomic E-state index is 5.80. The number of rotatable bonds is 4. The van der Waals surface area contributed by atoms with Crippen molar-refractivity contribution >= 4 is 17.2 Å². The van der Waals surface area contributed by atoms with Gasteiger partial charge in [-0.2, -0.15) is 0 Å². The van der Waals surface area contributed by atoms with Gasteiger partial charge in [0.05, 0.1) is 17.5 Å². The van der Waals surface area contributed by atoms with Gasteiger partial charge in [-0.15, -0.1) is 11.3 Å². The lowest BCUT2D eigenvalue weighted by molar-refractivity contribution is 0.114. The molecule has 5 nitrogen and oxygen atoms in total. The van der Waals surface area contributed by atoms with Gasteiger partial charge in [-0.05, 0) is 38.8 Å². The molecule has 25 heavy (non-hydrogen) atoms. The van der Waals surface area contributed by atoms with Crippen molar-refractivity contribution in [3.63, 3.8) is 0 Å². The minimum atomic E-state index is 0.346. The number of aromatic nitrogens is 2. The second kappa shape index (κ2) is 7.40. The lowest BCUT2D eigenvalue weighted by atomic mass is 10.2. The van der Waals surface area contributed by atoms with Crippen LogP contribution in [0.15, 0.2) is 18.3 Å². The van der Waals surface area contributed by atoms with Gasteiger partial charge >= 0.3 is 0 Å². The molecule has 1 atom stereocenters. The van der Waals surface area contributed by atoms with E-state index in [1.54, 1.807) is 0 Å². The molecule has 0 N–H and O–H groups in total. The highest BCUT2D eigenvalue weighted by atomic mass is 32.1. The fourth-order valence-corrected chi connectivity index (χ4v) is 4.76. The van der Waals surface area contributed by atoms with E-state index in [0.29, 0.717) is 6.10 Å². The maximum absolute atomic E-state index is 5.80. The van der Waals surface area contributed by atoms with Crippen molar-refractivity contribution < 1.29 is 4.74 Å². The Hall–Kier alpha value is -1.50. The minimum absolute atomic E-state index is 0.346. The van der Waals surface area contributed by atoms with Gasteiger partial charge in [-0.3, -0.25) is 9.88 Å². The van der Waals surface area contributed by atoms with Crippen LogP contribution in [0.4, 0.5) is 5.82 Å². The molecule has 0 radical (unpaired) electrons. The molecule has 0 aliphatic carbocycles. The lowest BCUT2D eigenvalue weighted by Gasteiger charge is -2.35. The first-order valence-electron chi connectivity index (χ1n) is 9.17. The largest absolute Gasteiger partial charge is 0.373 e. The monoisotopic (exact) mass is 358 g/mol. The zero-order chi connectivity index (χ0) is 17.2. The summed E-state index contributed by atoms with van der Waals surface area (Å²) in [6.45, 7) is 10.2. The molecule has 1 unspecified atom stereocenters. The Balaban J connectivity index is 1.34. The summed E-state index contributed by atoms with van der Waals surface area (Å²) in [5.74, 6) is 1.05. The van der Waals surface area contributed by atoms with Gasteiger partial charge in [0.2, 0.25) is 0 Å². The molecule has 2 saturated heterocycles. The first-order valence-corrected chi connectivity index (χ1v) is 9.98. The van der Waals surface area contributed by atoms with E-state index in [9.17, 15) is 0 Å². The molecule has 0 aromatic carbocycles. The van der Waals surface area contributed by atoms with Gasteiger partial charge in [-0.1, -0.05) is 0 Å². The number of nitrogens with zero attached hydrogens (tertiary/aromatic N) is 4. The first-order chi connectivity index (χ1) is 12.2. The third-order valence-electron chi connectivity index (χ3n) is 5.03. The predicted molar refractivity (Wildman–Crippen MR) is 101 cm³/mol. The van der Waals surface area contributed by atoms with Crippen LogP contribution in [0.1, 0.15) is 40.1 Å². The molecule has 2 fully saturated rings. The van der Waals surface area contributed by atoms with Crippen LogP contribution in [0.5, 0.6) is 0 Å². The summed E-state index contributed by atoms with van der Waals surface area (Å²) in [6.07, 6.45) is 4.56. The van der Waals surface area contributed by atoms with Gasteiger partial charge in [0.15, 0.2) is 0 Å². The van der Waals surface area contributed by atoms with Crippen LogP contribution in [0.25, 0.3) is 0 Å². The molecule has 0 bridgehead atoms. The molecule has 2 aromatic rings. The van der Waals surface area contributed by atoms with E-state index in [1.807, 2.05) is 31.4 Å². The van der Waals surface area contributed by atoms with Gasteiger partial charge < -0.3 is 9.64 Å². The second-order valence-electron chi connectivity index (χ2n) is 6.99. The molecular weight excluding hydrogens is 332 g/mol. The molecule has 6 heteroatoms. The van der Waals surface area contributed by atoms with Crippen molar-refractivity contribution in [1.29, 1.82) is 0 Å². The number of thiophene rings is 1. The summed E-state index contributed by atoms with van der Waals surface area (Å²) in [4.78, 5) is 16.9. The van der Waals surface area contributed by atoms with Crippen molar-refractivity contribution in [1.82, 2.24) is 14.9 Å². The summed E-state index contributed by atoms with van der Waals surface area (Å²) < 4.78 is 5.80. The second-order valence-corrected chi connectivity index (χ2v) is 8.19. The predicted octanol–water partition coefficient (Wildman–Crippen LogP) is 3.33. The van der Waals surface area contributed by atoms with E-state index in [-0.39, 0.29) is 0 Å². The number of piperazine rings is 1. The Morgan fingerprint density at radius 2 is 2.04 bits per heavy atom. The molecule has 2 aromatic heterocycles. The van der Waals surface area contributed by atoms with E-state index < -0.39 is 0 Å². The van der Waals surface area contributed by atoms with Gasteiger partial charge in [0.1, 0.15) is 5.82 Å². The SMILES string of the molecule is Cc1cnc(C)c(N2CCN(Cc3ccc(C4CCCO4)s3)CC2)n1. The van der Waals surface area contributed by atoms with Gasteiger partial charge in [-0.25, -0.2) is 4.98 Å². The Morgan fingerprint density at radius 1 is 1.20 bits per heavy atom. The van der Waals surface area contributed by atoms with Crippen molar-refractivity contribution in [2.24, 2.45) is 0 Å². The van der Waals surface area contributed by atoms with Crippen LogP contribution in [-0.4, -0.2) is 47.7 Å². The van der Waals surface area contributed by atoms with Crippen LogP contribution < -0.4 is 4.90 Å². The van der Waals surface area contributed by atoms with Crippen LogP contribution >= 0.6 is 11.3 Å². The van der Waals surface area contributed by atoms with Crippen LogP contribution in [0.2, 0.25) is 0 Å². The smallest absolute Gasteiger partial charge is 0.150 e. The Bertz CT molecular complexity index is 718. The number of anilines is 1. The standard InChI is InChI=1S/C19H26N4OS/c1-14-12-20-15(2)19(21-14)23-9-7-22(8-10-23)13-16-5-6-18(25-16)17-4-3-11-24-17/h5-6,12,17H,3-4,7-11,13H2,1-2H3. The summed E-state index contributed by atoms with van der Waals surface area (Å²) in [6, 6.07) is 4.54. The summed E-state index contributed by atoms with van der Waals surface area (Å²) >= 11 is 1.92. The van der Waals surface area contributed by atoms with E-state index in [1.165, 1.54) is 22.6 Å². The summed E-state index contributed by atoms with van der Waals surface area (Å²) in [5.41, 5.74) is 2.02. The Kier molecular flexibility index (Phi) is 5.01. The molecule has 2 aliphatic heterocycles. The molecule has 0 spiro atoms. The van der Waals surface area contributed by atoms with Crippen molar-refractivity contribution in [3.8, 4) is 0 Å². The van der Waals surface area contributed by atoms with Crippen molar-refractivity contribution in [2.45, 2.75) is 39.3 Å². The molecule has 0 saturated carbocycles. The average molecular weight is 359 g/mol. The van der Waals surface area contributed by atoms with E-state index in [4.69, 9.17) is 4.74 Å². The third kappa shape index (κ3) is 3.86. The molecule has 4 rings (SSSR count). The maximum Gasteiger partial charge on any atom is 0.150 e. The van der Waals surface area contributed by atoms with Crippen molar-refractivity contribution in [2.75, 3.05) is 37.7 Å². The number of hydrogen-bond donors (Lipinski definition) is 0. The number of hydrogen-bond acceptors (Lipinski definition) is 6. The topological polar surface area (TPSA) is 41.5 Å². The van der Waals surface area contributed by atoms with Crippen LogP contribution in [-0.2, 0) is 11.3 Å². The molecule has 0 amide bonds. The minimum Gasteiger partial charge on any atom is -0.373 e. The average Bonchev–Trinajstić information content (AvgIpc) is 3.29.